The standard InChI is InChI=1S/C61H60O11/c1-62-60-57(66-39-45-25-11-4-12-26-45)56(65-38-44-23-9-3-10-24-44)53(51(69-60)41-63-37-43-21-7-2-8-22-43)72-61-58(67-40-46-27-13-5-14-28-46)55(54-52(70-61)42-68-59(71-54)49-30-15-6-16-31-49)64-36-20-34-48-33-19-32-47-29-17-18-35-50(47)48/h2-19,21-33,35,51-61H,36-42H2,1H3/t51-,52-,53-,54-,55+,56+,57-,58+,59?,60+,61+/m1/s1. The van der Waals surface area contributed by atoms with E-state index in [0.29, 0.717) is 6.61 Å². The smallest absolute Gasteiger partial charge is 0.187 e. The van der Waals surface area contributed by atoms with Gasteiger partial charge in [-0.2, -0.15) is 0 Å². The predicted octanol–water partition coefficient (Wildman–Crippen LogP) is 10.1. The van der Waals surface area contributed by atoms with Gasteiger partial charge in [0.1, 0.15) is 55.4 Å². The molecule has 7 aromatic rings. The van der Waals surface area contributed by atoms with Crippen molar-refractivity contribution >= 4 is 10.8 Å². The summed E-state index contributed by atoms with van der Waals surface area (Å²) in [6, 6.07) is 64.2. The summed E-state index contributed by atoms with van der Waals surface area (Å²) in [7, 11) is 1.61. The SMILES string of the molecule is CO[C@H]1O[C@H](COCc2ccccc2)[C@@H](O[C@@H]2O[C@@H]3COC(c4ccccc4)O[C@H]3[C@H](OCC#Cc3cccc4ccccc34)[C@@H]2OCc2ccccc2)[C@H](OCc2ccccc2)[C@H]1OCc1ccccc1. The van der Waals surface area contributed by atoms with Crippen LogP contribution in [-0.2, 0) is 78.5 Å². The average Bonchev–Trinajstić information content (AvgIpc) is 3.44. The molecule has 11 heteroatoms. The summed E-state index contributed by atoms with van der Waals surface area (Å²) in [5.41, 5.74) is 5.70. The Bertz CT molecular complexity index is 2770. The first-order valence-electron chi connectivity index (χ1n) is 24.6. The van der Waals surface area contributed by atoms with Gasteiger partial charge in [-0.1, -0.05) is 200 Å². The Labute approximate surface area is 421 Å². The fraction of sp³-hybridized carbons (Fsp3) is 0.311. The Hall–Kier alpha value is -6.08. The Morgan fingerprint density at radius 3 is 1.65 bits per heavy atom. The van der Waals surface area contributed by atoms with Crippen LogP contribution in [0.5, 0.6) is 0 Å². The van der Waals surface area contributed by atoms with Crippen molar-refractivity contribution in [2.24, 2.45) is 0 Å². The van der Waals surface area contributed by atoms with Crippen molar-refractivity contribution in [3.05, 3.63) is 228 Å². The summed E-state index contributed by atoms with van der Waals surface area (Å²) >= 11 is 0. The topological polar surface area (TPSA) is 102 Å². The van der Waals surface area contributed by atoms with Gasteiger partial charge in [-0.15, -0.1) is 0 Å². The largest absolute Gasteiger partial charge is 0.374 e. The van der Waals surface area contributed by atoms with E-state index >= 15 is 0 Å². The van der Waals surface area contributed by atoms with Crippen LogP contribution in [0.3, 0.4) is 0 Å². The quantitative estimate of drug-likeness (QED) is 0.0724. The molecule has 3 saturated heterocycles. The number of fused-ring (bicyclic) bond motifs is 2. The molecule has 0 spiro atoms. The molecule has 0 amide bonds. The van der Waals surface area contributed by atoms with Crippen LogP contribution in [0, 0.1) is 11.8 Å². The van der Waals surface area contributed by atoms with Crippen molar-refractivity contribution in [3.8, 4) is 11.8 Å². The second kappa shape index (κ2) is 25.0. The molecule has 0 aromatic heterocycles. The highest BCUT2D eigenvalue weighted by atomic mass is 16.8. The number of hydrogen-bond acceptors (Lipinski definition) is 11. The van der Waals surface area contributed by atoms with Gasteiger partial charge in [-0.3, -0.25) is 0 Å². The van der Waals surface area contributed by atoms with Crippen LogP contribution in [0.4, 0.5) is 0 Å². The van der Waals surface area contributed by atoms with Crippen LogP contribution in [0.1, 0.15) is 39.7 Å². The first kappa shape index (κ1) is 49.5. The minimum atomic E-state index is -1.08. The van der Waals surface area contributed by atoms with Crippen LogP contribution in [0.2, 0.25) is 0 Å². The van der Waals surface area contributed by atoms with Crippen molar-refractivity contribution in [2.45, 2.75) is 94.1 Å². The second-order valence-electron chi connectivity index (χ2n) is 18.0. The minimum absolute atomic E-state index is 0.0610. The van der Waals surface area contributed by atoms with E-state index in [2.05, 4.69) is 30.0 Å². The van der Waals surface area contributed by atoms with Gasteiger partial charge in [0.25, 0.3) is 0 Å². The molecule has 0 N–H and O–H groups in total. The number of hydrogen-bond donors (Lipinski definition) is 0. The summed E-state index contributed by atoms with van der Waals surface area (Å²) in [6.07, 6.45) is -8.67. The summed E-state index contributed by atoms with van der Waals surface area (Å²) in [5.74, 6) is 6.69. The lowest BCUT2D eigenvalue weighted by molar-refractivity contribution is -0.395. The van der Waals surface area contributed by atoms with E-state index in [1.54, 1.807) is 7.11 Å². The zero-order chi connectivity index (χ0) is 48.7. The highest BCUT2D eigenvalue weighted by Crippen LogP contribution is 2.40. The van der Waals surface area contributed by atoms with Crippen LogP contribution in [0.25, 0.3) is 10.8 Å². The van der Waals surface area contributed by atoms with E-state index in [1.165, 1.54) is 0 Å². The fourth-order valence-electron chi connectivity index (χ4n) is 9.46. The Balaban J connectivity index is 1.01. The maximum atomic E-state index is 7.40. The first-order valence-corrected chi connectivity index (χ1v) is 24.6. The van der Waals surface area contributed by atoms with E-state index in [9.17, 15) is 0 Å². The van der Waals surface area contributed by atoms with Crippen molar-refractivity contribution in [1.29, 1.82) is 0 Å². The van der Waals surface area contributed by atoms with Gasteiger partial charge in [-0.05, 0) is 39.1 Å². The second-order valence-corrected chi connectivity index (χ2v) is 18.0. The molecule has 11 atom stereocenters. The maximum absolute atomic E-state index is 7.40. The van der Waals surface area contributed by atoms with Crippen LogP contribution in [0.15, 0.2) is 194 Å². The number of methoxy groups -OCH3 is 1. The molecule has 0 radical (unpaired) electrons. The Kier molecular flexibility index (Phi) is 17.2. The average molecular weight is 969 g/mol. The molecule has 0 aliphatic carbocycles. The monoisotopic (exact) mass is 968 g/mol. The molecule has 3 aliphatic heterocycles. The highest BCUT2D eigenvalue weighted by molar-refractivity contribution is 5.88. The van der Waals surface area contributed by atoms with Gasteiger partial charge in [-0.25, -0.2) is 0 Å². The predicted molar refractivity (Wildman–Crippen MR) is 271 cm³/mol. The third-order valence-electron chi connectivity index (χ3n) is 13.1. The van der Waals surface area contributed by atoms with Gasteiger partial charge in [0, 0.05) is 18.2 Å². The zero-order valence-corrected chi connectivity index (χ0v) is 40.3. The van der Waals surface area contributed by atoms with Crippen molar-refractivity contribution in [1.82, 2.24) is 0 Å². The molecule has 3 heterocycles. The molecule has 7 aromatic carbocycles. The lowest BCUT2D eigenvalue weighted by atomic mass is 9.95. The van der Waals surface area contributed by atoms with Gasteiger partial charge >= 0.3 is 0 Å². The van der Waals surface area contributed by atoms with E-state index < -0.39 is 67.7 Å². The summed E-state index contributed by atoms with van der Waals surface area (Å²) in [4.78, 5) is 0. The molecule has 3 fully saturated rings. The molecule has 1 unspecified atom stereocenters. The molecule has 3 aliphatic rings. The molecule has 11 nitrogen and oxygen atoms in total. The fourth-order valence-corrected chi connectivity index (χ4v) is 9.46. The Morgan fingerprint density at radius 1 is 0.486 bits per heavy atom. The van der Waals surface area contributed by atoms with E-state index in [-0.39, 0.29) is 39.6 Å². The number of rotatable bonds is 19. The van der Waals surface area contributed by atoms with E-state index in [1.807, 2.05) is 176 Å². The van der Waals surface area contributed by atoms with Gasteiger partial charge < -0.3 is 52.1 Å². The molecule has 0 saturated carbocycles. The van der Waals surface area contributed by atoms with Crippen LogP contribution >= 0.6 is 0 Å². The third kappa shape index (κ3) is 12.6. The molecular formula is C61H60O11. The third-order valence-corrected chi connectivity index (χ3v) is 13.1. The van der Waals surface area contributed by atoms with Crippen LogP contribution < -0.4 is 0 Å². The molecule has 72 heavy (non-hydrogen) atoms. The lowest BCUT2D eigenvalue weighted by Crippen LogP contribution is -2.67. The summed E-state index contributed by atoms with van der Waals surface area (Å²) in [5, 5.41) is 2.18. The van der Waals surface area contributed by atoms with E-state index in [0.717, 1.165) is 44.2 Å². The summed E-state index contributed by atoms with van der Waals surface area (Å²) in [6.45, 7) is 1.45. The summed E-state index contributed by atoms with van der Waals surface area (Å²) < 4.78 is 74.9. The van der Waals surface area contributed by atoms with Gasteiger partial charge in [0.05, 0.1) is 39.6 Å². The molecule has 10 rings (SSSR count). The van der Waals surface area contributed by atoms with Gasteiger partial charge in [0.2, 0.25) is 0 Å². The van der Waals surface area contributed by atoms with Crippen molar-refractivity contribution in [2.75, 3.05) is 26.9 Å². The lowest BCUT2D eigenvalue weighted by Gasteiger charge is -2.51. The highest BCUT2D eigenvalue weighted by Gasteiger charge is 2.56. The maximum Gasteiger partial charge on any atom is 0.187 e. The van der Waals surface area contributed by atoms with Crippen molar-refractivity contribution in [3.63, 3.8) is 0 Å². The molecule has 0 bridgehead atoms. The molecule has 370 valence electrons. The number of ether oxygens (including phenoxy) is 11. The van der Waals surface area contributed by atoms with Crippen LogP contribution in [-0.4, -0.2) is 88.3 Å². The van der Waals surface area contributed by atoms with Crippen molar-refractivity contribution < 1.29 is 52.1 Å². The first-order chi connectivity index (χ1) is 35.7. The van der Waals surface area contributed by atoms with Gasteiger partial charge in [0.15, 0.2) is 18.9 Å². The Morgan fingerprint density at radius 2 is 1.03 bits per heavy atom. The number of benzene rings is 7. The van der Waals surface area contributed by atoms with E-state index in [4.69, 9.17) is 52.1 Å². The molecular weight excluding hydrogens is 909 g/mol. The normalized spacial score (nSPS) is 26.0. The zero-order valence-electron chi connectivity index (χ0n) is 40.3. The minimum Gasteiger partial charge on any atom is -0.374 e.